The van der Waals surface area contributed by atoms with Gasteiger partial charge >= 0.3 is 0 Å². The van der Waals surface area contributed by atoms with E-state index < -0.39 is 0 Å². The van der Waals surface area contributed by atoms with Crippen LogP contribution in [0.15, 0.2) is 40.9 Å². The van der Waals surface area contributed by atoms with E-state index in [9.17, 15) is 9.90 Å². The van der Waals surface area contributed by atoms with Gasteiger partial charge in [0.25, 0.3) is 5.91 Å². The van der Waals surface area contributed by atoms with E-state index in [0.29, 0.717) is 11.4 Å². The summed E-state index contributed by atoms with van der Waals surface area (Å²) >= 11 is 3.34. The number of carbonyl (C=O) groups is 1. The van der Waals surface area contributed by atoms with Crippen molar-refractivity contribution in [3.8, 4) is 11.5 Å². The summed E-state index contributed by atoms with van der Waals surface area (Å²) in [6, 6.07) is 10.2. The normalized spacial score (nSPS) is 10.2. The molecule has 0 radical (unpaired) electrons. The molecule has 0 aromatic heterocycles. The molecule has 0 saturated carbocycles. The number of amides is 1. The molecule has 0 fully saturated rings. The molecule has 0 saturated heterocycles. The zero-order valence-corrected chi connectivity index (χ0v) is 12.7. The van der Waals surface area contributed by atoms with Crippen molar-refractivity contribution in [1.29, 1.82) is 0 Å². The highest BCUT2D eigenvalue weighted by molar-refractivity contribution is 9.10. The smallest absolute Gasteiger partial charge is 0.259 e. The molecule has 0 aliphatic heterocycles. The number of aromatic hydroxyl groups is 1. The monoisotopic (exact) mass is 335 g/mol. The SMILES string of the molecule is COc1ccc(Br)cc1NC(=O)c1ccc(C)cc1O. The molecular weight excluding hydrogens is 322 g/mol. The van der Waals surface area contributed by atoms with Gasteiger partial charge in [0.05, 0.1) is 18.4 Å². The molecule has 2 aromatic rings. The zero-order valence-electron chi connectivity index (χ0n) is 11.1. The Morgan fingerprint density at radius 1 is 1.25 bits per heavy atom. The summed E-state index contributed by atoms with van der Waals surface area (Å²) in [4.78, 5) is 12.2. The highest BCUT2D eigenvalue weighted by atomic mass is 79.9. The summed E-state index contributed by atoms with van der Waals surface area (Å²) in [6.07, 6.45) is 0. The minimum absolute atomic E-state index is 0.0449. The number of hydrogen-bond acceptors (Lipinski definition) is 3. The number of aryl methyl sites for hydroxylation is 1. The standard InChI is InChI=1S/C15H14BrNO3/c1-9-3-5-11(13(18)7-9)15(19)17-12-8-10(16)4-6-14(12)20-2/h3-8,18H,1-2H3,(H,17,19). The Bertz CT molecular complexity index is 656. The first kappa shape index (κ1) is 14.4. The van der Waals surface area contributed by atoms with E-state index in [1.807, 2.05) is 13.0 Å². The van der Waals surface area contributed by atoms with Crippen LogP contribution in [0.25, 0.3) is 0 Å². The molecule has 104 valence electrons. The summed E-state index contributed by atoms with van der Waals surface area (Å²) in [7, 11) is 1.53. The number of phenols is 1. The second-order valence-corrected chi connectivity index (χ2v) is 5.24. The predicted molar refractivity (Wildman–Crippen MR) is 81.5 cm³/mol. The lowest BCUT2D eigenvalue weighted by atomic mass is 10.1. The van der Waals surface area contributed by atoms with Gasteiger partial charge in [0.15, 0.2) is 0 Å². The van der Waals surface area contributed by atoms with Crippen molar-refractivity contribution in [2.75, 3.05) is 12.4 Å². The second kappa shape index (κ2) is 5.96. The maximum absolute atomic E-state index is 12.2. The summed E-state index contributed by atoms with van der Waals surface area (Å²) in [5.74, 6) is 0.114. The maximum Gasteiger partial charge on any atom is 0.259 e. The largest absolute Gasteiger partial charge is 0.507 e. The third-order valence-corrected chi connectivity index (χ3v) is 3.30. The maximum atomic E-state index is 12.2. The fourth-order valence-electron chi connectivity index (χ4n) is 1.80. The Kier molecular flexibility index (Phi) is 4.29. The zero-order chi connectivity index (χ0) is 14.7. The first-order valence-corrected chi connectivity index (χ1v) is 6.75. The number of nitrogens with one attached hydrogen (secondary N) is 1. The molecule has 0 heterocycles. The van der Waals surface area contributed by atoms with Crippen LogP contribution in [-0.2, 0) is 0 Å². The average Bonchev–Trinajstić information content (AvgIpc) is 2.38. The van der Waals surface area contributed by atoms with Crippen LogP contribution in [0.5, 0.6) is 11.5 Å². The molecule has 4 nitrogen and oxygen atoms in total. The van der Waals surface area contributed by atoms with Gasteiger partial charge in [-0.2, -0.15) is 0 Å². The van der Waals surface area contributed by atoms with Gasteiger partial charge in [-0.1, -0.05) is 22.0 Å². The third kappa shape index (κ3) is 3.11. The highest BCUT2D eigenvalue weighted by Crippen LogP contribution is 2.29. The molecule has 0 unspecified atom stereocenters. The van der Waals surface area contributed by atoms with Gasteiger partial charge in [0.1, 0.15) is 11.5 Å². The van der Waals surface area contributed by atoms with E-state index in [0.717, 1.165) is 10.0 Å². The quantitative estimate of drug-likeness (QED) is 0.898. The molecule has 0 bridgehead atoms. The van der Waals surface area contributed by atoms with E-state index in [1.54, 1.807) is 30.3 Å². The molecule has 1 amide bonds. The van der Waals surface area contributed by atoms with Crippen molar-refractivity contribution >= 4 is 27.5 Å². The lowest BCUT2D eigenvalue weighted by Gasteiger charge is -2.11. The minimum atomic E-state index is -0.390. The number of anilines is 1. The van der Waals surface area contributed by atoms with Crippen LogP contribution in [0.1, 0.15) is 15.9 Å². The van der Waals surface area contributed by atoms with Gasteiger partial charge in [-0.15, -0.1) is 0 Å². The lowest BCUT2D eigenvalue weighted by Crippen LogP contribution is -2.13. The van der Waals surface area contributed by atoms with Gasteiger partial charge in [0, 0.05) is 4.47 Å². The first-order valence-electron chi connectivity index (χ1n) is 5.96. The highest BCUT2D eigenvalue weighted by Gasteiger charge is 2.13. The average molecular weight is 336 g/mol. The number of ether oxygens (including phenoxy) is 1. The number of hydrogen-bond donors (Lipinski definition) is 2. The van der Waals surface area contributed by atoms with Crippen LogP contribution in [0.2, 0.25) is 0 Å². The molecule has 20 heavy (non-hydrogen) atoms. The Balaban J connectivity index is 2.30. The Labute approximate surface area is 125 Å². The molecule has 2 rings (SSSR count). The Morgan fingerprint density at radius 2 is 2.00 bits per heavy atom. The molecule has 0 atom stereocenters. The number of rotatable bonds is 3. The van der Waals surface area contributed by atoms with E-state index >= 15 is 0 Å². The Hall–Kier alpha value is -2.01. The number of halogens is 1. The van der Waals surface area contributed by atoms with E-state index in [-0.39, 0.29) is 17.2 Å². The van der Waals surface area contributed by atoms with Crippen LogP contribution in [0, 0.1) is 6.92 Å². The summed E-state index contributed by atoms with van der Waals surface area (Å²) in [5.41, 5.74) is 1.64. The van der Waals surface area contributed by atoms with Gasteiger partial charge in [-0.3, -0.25) is 4.79 Å². The van der Waals surface area contributed by atoms with Gasteiger partial charge in [-0.25, -0.2) is 0 Å². The second-order valence-electron chi connectivity index (χ2n) is 4.32. The molecule has 5 heteroatoms. The number of benzene rings is 2. The molecular formula is C15H14BrNO3. The van der Waals surface area contributed by atoms with Crippen LogP contribution in [-0.4, -0.2) is 18.1 Å². The van der Waals surface area contributed by atoms with Crippen LogP contribution in [0.4, 0.5) is 5.69 Å². The summed E-state index contributed by atoms with van der Waals surface area (Å²) < 4.78 is 6.01. The topological polar surface area (TPSA) is 58.6 Å². The van der Waals surface area contributed by atoms with E-state index in [1.165, 1.54) is 7.11 Å². The Morgan fingerprint density at radius 3 is 2.65 bits per heavy atom. The van der Waals surface area contributed by atoms with Crippen molar-refractivity contribution in [3.05, 3.63) is 52.0 Å². The number of phenolic OH excluding ortho intramolecular Hbond substituents is 1. The van der Waals surface area contributed by atoms with E-state index in [4.69, 9.17) is 4.74 Å². The van der Waals surface area contributed by atoms with Gasteiger partial charge in [0.2, 0.25) is 0 Å². The van der Waals surface area contributed by atoms with Crippen molar-refractivity contribution in [2.24, 2.45) is 0 Å². The molecule has 2 N–H and O–H groups in total. The predicted octanol–water partition coefficient (Wildman–Crippen LogP) is 3.72. The lowest BCUT2D eigenvalue weighted by molar-refractivity contribution is 0.102. The third-order valence-electron chi connectivity index (χ3n) is 2.81. The van der Waals surface area contributed by atoms with Crippen LogP contribution in [0.3, 0.4) is 0 Å². The minimum Gasteiger partial charge on any atom is -0.507 e. The first-order chi connectivity index (χ1) is 9.51. The van der Waals surface area contributed by atoms with Gasteiger partial charge in [-0.05, 0) is 42.8 Å². The molecule has 0 aliphatic rings. The van der Waals surface area contributed by atoms with Crippen molar-refractivity contribution < 1.29 is 14.6 Å². The molecule has 2 aromatic carbocycles. The van der Waals surface area contributed by atoms with Crippen molar-refractivity contribution in [3.63, 3.8) is 0 Å². The number of carbonyl (C=O) groups excluding carboxylic acids is 1. The van der Waals surface area contributed by atoms with Crippen LogP contribution >= 0.6 is 15.9 Å². The van der Waals surface area contributed by atoms with E-state index in [2.05, 4.69) is 21.2 Å². The molecule has 0 aliphatic carbocycles. The van der Waals surface area contributed by atoms with Crippen LogP contribution < -0.4 is 10.1 Å². The molecule has 0 spiro atoms. The van der Waals surface area contributed by atoms with Gasteiger partial charge < -0.3 is 15.2 Å². The van der Waals surface area contributed by atoms with Crippen molar-refractivity contribution in [2.45, 2.75) is 6.92 Å². The summed E-state index contributed by atoms with van der Waals surface area (Å²) in [5, 5.41) is 12.5. The fraction of sp³-hybridized carbons (Fsp3) is 0.133. The fourth-order valence-corrected chi connectivity index (χ4v) is 2.16. The summed E-state index contributed by atoms with van der Waals surface area (Å²) in [6.45, 7) is 1.85. The number of methoxy groups -OCH3 is 1. The van der Waals surface area contributed by atoms with Crippen molar-refractivity contribution in [1.82, 2.24) is 0 Å².